The topological polar surface area (TPSA) is 94.0 Å². The smallest absolute Gasteiger partial charge is 0.277 e. The fourth-order valence-electron chi connectivity index (χ4n) is 1.58. The summed E-state index contributed by atoms with van der Waals surface area (Å²) in [5.74, 6) is -1.66. The Labute approximate surface area is 120 Å². The SMILES string of the molecule is Cc1ccc(NC(=O)c2cnn(CS(C)(=O)=O)n2)c(F)c1. The first-order valence-electron chi connectivity index (χ1n) is 5.90. The monoisotopic (exact) mass is 312 g/mol. The van der Waals surface area contributed by atoms with Crippen LogP contribution in [0.3, 0.4) is 0 Å². The number of carbonyl (C=O) groups excluding carboxylic acids is 1. The molecular weight excluding hydrogens is 299 g/mol. The van der Waals surface area contributed by atoms with Crippen molar-refractivity contribution in [1.82, 2.24) is 15.0 Å². The summed E-state index contributed by atoms with van der Waals surface area (Å²) in [6.07, 6.45) is 2.14. The molecule has 112 valence electrons. The third-order valence-corrected chi connectivity index (χ3v) is 3.19. The van der Waals surface area contributed by atoms with Gasteiger partial charge in [-0.15, -0.1) is 5.10 Å². The summed E-state index contributed by atoms with van der Waals surface area (Å²) in [7, 11) is -3.31. The van der Waals surface area contributed by atoms with Crippen LogP contribution in [-0.4, -0.2) is 35.6 Å². The molecule has 0 fully saturated rings. The maximum atomic E-state index is 13.6. The van der Waals surface area contributed by atoms with E-state index in [2.05, 4.69) is 15.5 Å². The molecule has 1 N–H and O–H groups in total. The lowest BCUT2D eigenvalue weighted by Crippen LogP contribution is -2.16. The number of sulfone groups is 1. The van der Waals surface area contributed by atoms with Gasteiger partial charge in [-0.3, -0.25) is 4.79 Å². The highest BCUT2D eigenvalue weighted by Crippen LogP contribution is 2.15. The molecule has 0 aliphatic rings. The van der Waals surface area contributed by atoms with Crippen molar-refractivity contribution in [3.8, 4) is 0 Å². The molecule has 0 saturated heterocycles. The number of carbonyl (C=O) groups is 1. The molecule has 9 heteroatoms. The van der Waals surface area contributed by atoms with E-state index in [0.717, 1.165) is 22.8 Å². The van der Waals surface area contributed by atoms with E-state index in [0.29, 0.717) is 0 Å². The first kappa shape index (κ1) is 15.1. The molecule has 7 nitrogen and oxygen atoms in total. The molecule has 1 aromatic carbocycles. The van der Waals surface area contributed by atoms with Crippen molar-refractivity contribution in [2.24, 2.45) is 0 Å². The van der Waals surface area contributed by atoms with Crippen LogP contribution in [0.25, 0.3) is 0 Å². The second-order valence-corrected chi connectivity index (χ2v) is 6.70. The van der Waals surface area contributed by atoms with E-state index in [1.165, 1.54) is 12.1 Å². The highest BCUT2D eigenvalue weighted by atomic mass is 32.2. The van der Waals surface area contributed by atoms with Crippen LogP contribution in [0.5, 0.6) is 0 Å². The van der Waals surface area contributed by atoms with E-state index in [1.54, 1.807) is 13.0 Å². The Morgan fingerprint density at radius 3 is 2.76 bits per heavy atom. The number of hydrogen-bond donors (Lipinski definition) is 1. The lowest BCUT2D eigenvalue weighted by atomic mass is 10.2. The van der Waals surface area contributed by atoms with Crippen molar-refractivity contribution in [2.45, 2.75) is 12.8 Å². The van der Waals surface area contributed by atoms with Gasteiger partial charge in [0.15, 0.2) is 21.4 Å². The first-order chi connectivity index (χ1) is 9.74. The van der Waals surface area contributed by atoms with E-state index in [-0.39, 0.29) is 11.4 Å². The summed E-state index contributed by atoms with van der Waals surface area (Å²) in [4.78, 5) is 12.8. The average Bonchev–Trinajstić information content (AvgIpc) is 2.78. The van der Waals surface area contributed by atoms with Crippen molar-refractivity contribution in [3.05, 3.63) is 41.5 Å². The van der Waals surface area contributed by atoms with Gasteiger partial charge in [0.25, 0.3) is 5.91 Å². The third-order valence-electron chi connectivity index (χ3n) is 2.49. The predicted octanol–water partition coefficient (Wildman–Crippen LogP) is 0.980. The Balaban J connectivity index is 2.14. The number of nitrogens with one attached hydrogen (secondary N) is 1. The molecule has 21 heavy (non-hydrogen) atoms. The van der Waals surface area contributed by atoms with E-state index >= 15 is 0 Å². The second kappa shape index (κ2) is 5.60. The number of amides is 1. The Bertz CT molecular complexity index is 786. The van der Waals surface area contributed by atoms with Gasteiger partial charge < -0.3 is 5.32 Å². The van der Waals surface area contributed by atoms with Crippen molar-refractivity contribution >= 4 is 21.4 Å². The molecule has 1 amide bonds. The van der Waals surface area contributed by atoms with Crippen LogP contribution in [0.4, 0.5) is 10.1 Å². The van der Waals surface area contributed by atoms with E-state index in [9.17, 15) is 17.6 Å². The Hall–Kier alpha value is -2.29. The molecule has 0 radical (unpaired) electrons. The molecule has 0 bridgehead atoms. The van der Waals surface area contributed by atoms with Crippen LogP contribution in [0.2, 0.25) is 0 Å². The van der Waals surface area contributed by atoms with E-state index in [1.807, 2.05) is 0 Å². The summed E-state index contributed by atoms with van der Waals surface area (Å²) < 4.78 is 35.8. The minimum atomic E-state index is -3.31. The van der Waals surface area contributed by atoms with Crippen LogP contribution in [0, 0.1) is 12.7 Å². The molecule has 2 rings (SSSR count). The Morgan fingerprint density at radius 1 is 1.43 bits per heavy atom. The standard InChI is InChI=1S/C12H13FN4O3S/c1-8-3-4-10(9(13)5-8)15-12(18)11-6-14-17(16-11)7-21(2,19)20/h3-6H,7H2,1-2H3,(H,15,18). The lowest BCUT2D eigenvalue weighted by Gasteiger charge is -2.05. The highest BCUT2D eigenvalue weighted by Gasteiger charge is 2.14. The number of rotatable bonds is 4. The van der Waals surface area contributed by atoms with Gasteiger partial charge in [-0.25, -0.2) is 12.8 Å². The summed E-state index contributed by atoms with van der Waals surface area (Å²) in [5, 5.41) is 9.75. The van der Waals surface area contributed by atoms with E-state index in [4.69, 9.17) is 0 Å². The van der Waals surface area contributed by atoms with Gasteiger partial charge in [-0.2, -0.15) is 9.90 Å². The normalized spacial score (nSPS) is 11.4. The summed E-state index contributed by atoms with van der Waals surface area (Å²) >= 11 is 0. The van der Waals surface area contributed by atoms with E-state index < -0.39 is 27.4 Å². The van der Waals surface area contributed by atoms with Gasteiger partial charge in [-0.05, 0) is 24.6 Å². The maximum Gasteiger partial charge on any atom is 0.277 e. The van der Waals surface area contributed by atoms with Crippen LogP contribution in [-0.2, 0) is 15.7 Å². The van der Waals surface area contributed by atoms with Gasteiger partial charge >= 0.3 is 0 Å². The Kier molecular flexibility index (Phi) is 4.03. The fourth-order valence-corrected chi connectivity index (χ4v) is 2.13. The molecule has 0 spiro atoms. The molecule has 0 saturated carbocycles. The van der Waals surface area contributed by atoms with Crippen LogP contribution >= 0.6 is 0 Å². The van der Waals surface area contributed by atoms with Crippen LogP contribution in [0.1, 0.15) is 16.1 Å². The van der Waals surface area contributed by atoms with Gasteiger partial charge in [0.1, 0.15) is 5.82 Å². The zero-order valence-electron chi connectivity index (χ0n) is 11.4. The number of nitrogens with zero attached hydrogens (tertiary/aromatic N) is 3. The lowest BCUT2D eigenvalue weighted by molar-refractivity contribution is 0.102. The van der Waals surface area contributed by atoms with Crippen LogP contribution < -0.4 is 5.32 Å². The molecule has 0 unspecified atom stereocenters. The number of aryl methyl sites for hydroxylation is 1. The number of halogens is 1. The van der Waals surface area contributed by atoms with Gasteiger partial charge in [0, 0.05) is 6.26 Å². The molecule has 0 atom stereocenters. The van der Waals surface area contributed by atoms with Crippen molar-refractivity contribution in [1.29, 1.82) is 0 Å². The largest absolute Gasteiger partial charge is 0.318 e. The number of benzene rings is 1. The molecule has 0 aliphatic heterocycles. The molecular formula is C12H13FN4O3S. The van der Waals surface area contributed by atoms with Gasteiger partial charge in [-0.1, -0.05) is 6.07 Å². The van der Waals surface area contributed by atoms with Gasteiger partial charge in [0.2, 0.25) is 0 Å². The quantitative estimate of drug-likeness (QED) is 0.908. The second-order valence-electron chi connectivity index (χ2n) is 4.59. The minimum Gasteiger partial charge on any atom is -0.318 e. The minimum absolute atomic E-state index is 0.0169. The number of anilines is 1. The number of aromatic nitrogens is 3. The van der Waals surface area contributed by atoms with Crippen molar-refractivity contribution in [3.63, 3.8) is 0 Å². The predicted molar refractivity (Wildman–Crippen MR) is 74.0 cm³/mol. The van der Waals surface area contributed by atoms with Crippen LogP contribution in [0.15, 0.2) is 24.4 Å². The fraction of sp³-hybridized carbons (Fsp3) is 0.250. The Morgan fingerprint density at radius 2 is 2.14 bits per heavy atom. The first-order valence-corrected chi connectivity index (χ1v) is 7.96. The molecule has 1 aromatic heterocycles. The molecule has 1 heterocycles. The average molecular weight is 312 g/mol. The summed E-state index contributed by atoms with van der Waals surface area (Å²) in [5.41, 5.74) is 0.645. The number of hydrogen-bond acceptors (Lipinski definition) is 5. The van der Waals surface area contributed by atoms with Crippen molar-refractivity contribution in [2.75, 3.05) is 11.6 Å². The zero-order chi connectivity index (χ0) is 15.6. The highest BCUT2D eigenvalue weighted by molar-refractivity contribution is 7.89. The third kappa shape index (κ3) is 4.09. The molecule has 0 aliphatic carbocycles. The zero-order valence-corrected chi connectivity index (χ0v) is 12.2. The summed E-state index contributed by atoms with van der Waals surface area (Å²) in [6.45, 7) is 1.73. The maximum absolute atomic E-state index is 13.6. The van der Waals surface area contributed by atoms with Gasteiger partial charge in [0.05, 0.1) is 11.9 Å². The molecule has 2 aromatic rings. The summed E-state index contributed by atoms with van der Waals surface area (Å²) in [6, 6.07) is 4.37. The van der Waals surface area contributed by atoms with Crippen molar-refractivity contribution < 1.29 is 17.6 Å².